The molecule has 0 spiro atoms. The van der Waals surface area contributed by atoms with E-state index in [2.05, 4.69) is 0 Å². The van der Waals surface area contributed by atoms with Gasteiger partial charge in [-0.1, -0.05) is 6.07 Å². The number of aromatic hydroxyl groups is 1. The Morgan fingerprint density at radius 3 is 2.09 bits per heavy atom. The molecule has 2 saturated carbocycles. The fraction of sp³-hybridized carbons (Fsp3) is 0.611. The number of benzene rings is 1. The zero-order valence-corrected chi connectivity index (χ0v) is 12.7. The van der Waals surface area contributed by atoms with Crippen molar-refractivity contribution in [1.82, 2.24) is 0 Å². The highest BCUT2D eigenvalue weighted by molar-refractivity contribution is 5.79. The van der Waals surface area contributed by atoms with E-state index in [1.165, 1.54) is 12.1 Å². The largest absolute Gasteiger partial charge is 0.505 e. The molecule has 4 heteroatoms. The smallest absolute Gasteiger partial charge is 0.200 e. The van der Waals surface area contributed by atoms with Crippen molar-refractivity contribution >= 4 is 5.78 Å². The molecule has 22 heavy (non-hydrogen) atoms. The first kappa shape index (κ1) is 15.4. The van der Waals surface area contributed by atoms with Crippen molar-refractivity contribution in [3.05, 3.63) is 29.3 Å². The average Bonchev–Trinajstić information content (AvgIpc) is 2.54. The molecule has 1 N–H and O–H groups in total. The van der Waals surface area contributed by atoms with Crippen LogP contribution in [0.15, 0.2) is 12.1 Å². The van der Waals surface area contributed by atoms with Crippen LogP contribution in [0.1, 0.15) is 62.8 Å². The molecule has 1 aromatic rings. The second-order valence-electron chi connectivity index (χ2n) is 6.79. The second-order valence-corrected chi connectivity index (χ2v) is 6.79. The Kier molecular flexibility index (Phi) is 4.46. The third kappa shape index (κ3) is 3.01. The first-order valence-electron chi connectivity index (χ1n) is 8.24. The van der Waals surface area contributed by atoms with Crippen molar-refractivity contribution in [2.45, 2.75) is 57.3 Å². The van der Waals surface area contributed by atoms with Crippen molar-refractivity contribution in [2.24, 2.45) is 11.8 Å². The number of carbonyl (C=O) groups excluding carboxylic acids is 1. The Morgan fingerprint density at radius 2 is 1.45 bits per heavy atom. The van der Waals surface area contributed by atoms with Crippen molar-refractivity contribution in [3.8, 4) is 5.75 Å². The van der Waals surface area contributed by atoms with Gasteiger partial charge in [0.05, 0.1) is 0 Å². The maximum atomic E-state index is 14.0. The van der Waals surface area contributed by atoms with Gasteiger partial charge in [-0.05, 0) is 67.9 Å². The normalized spacial score (nSPS) is 27.1. The first-order chi connectivity index (χ1) is 10.6. The monoisotopic (exact) mass is 308 g/mol. The molecule has 0 aliphatic heterocycles. The van der Waals surface area contributed by atoms with E-state index >= 15 is 0 Å². The molecule has 2 aliphatic rings. The number of carbonyl (C=O) groups is 1. The van der Waals surface area contributed by atoms with Crippen LogP contribution in [-0.2, 0) is 4.79 Å². The average molecular weight is 308 g/mol. The summed E-state index contributed by atoms with van der Waals surface area (Å²) in [4.78, 5) is 11.3. The molecule has 0 unspecified atom stereocenters. The van der Waals surface area contributed by atoms with Crippen molar-refractivity contribution in [3.63, 3.8) is 0 Å². The maximum absolute atomic E-state index is 14.0. The highest BCUT2D eigenvalue weighted by Crippen LogP contribution is 2.43. The van der Waals surface area contributed by atoms with Gasteiger partial charge < -0.3 is 5.11 Å². The van der Waals surface area contributed by atoms with Gasteiger partial charge in [-0.2, -0.15) is 4.39 Å². The van der Waals surface area contributed by atoms with E-state index < -0.39 is 17.4 Å². The number of halogens is 2. The lowest BCUT2D eigenvalue weighted by atomic mass is 9.69. The number of ketones is 1. The lowest BCUT2D eigenvalue weighted by molar-refractivity contribution is -0.121. The number of phenols is 1. The number of hydrogen-bond donors (Lipinski definition) is 1. The molecule has 0 atom stereocenters. The third-order valence-corrected chi connectivity index (χ3v) is 5.56. The van der Waals surface area contributed by atoms with Gasteiger partial charge in [0.25, 0.3) is 0 Å². The zero-order valence-electron chi connectivity index (χ0n) is 12.7. The van der Waals surface area contributed by atoms with Crippen molar-refractivity contribution < 1.29 is 18.7 Å². The van der Waals surface area contributed by atoms with Gasteiger partial charge in [-0.25, -0.2) is 4.39 Å². The van der Waals surface area contributed by atoms with Gasteiger partial charge >= 0.3 is 0 Å². The highest BCUT2D eigenvalue weighted by atomic mass is 19.2. The topological polar surface area (TPSA) is 37.3 Å². The Hall–Kier alpha value is -1.45. The molecule has 0 aromatic heterocycles. The second kappa shape index (κ2) is 6.35. The van der Waals surface area contributed by atoms with Crippen LogP contribution in [0.2, 0.25) is 0 Å². The van der Waals surface area contributed by atoms with Gasteiger partial charge in [0.2, 0.25) is 5.82 Å². The molecule has 2 fully saturated rings. The van der Waals surface area contributed by atoms with Crippen LogP contribution in [0, 0.1) is 23.5 Å². The number of rotatable bonds is 2. The van der Waals surface area contributed by atoms with Crippen LogP contribution in [0.4, 0.5) is 8.78 Å². The van der Waals surface area contributed by atoms with Crippen molar-refractivity contribution in [1.29, 1.82) is 0 Å². The Balaban J connectivity index is 1.62. The molecule has 3 rings (SSSR count). The van der Waals surface area contributed by atoms with E-state index in [1.54, 1.807) is 0 Å². The van der Waals surface area contributed by atoms with E-state index in [0.29, 0.717) is 36.0 Å². The fourth-order valence-electron chi connectivity index (χ4n) is 4.20. The summed E-state index contributed by atoms with van der Waals surface area (Å²) in [6, 6.07) is 2.75. The molecule has 2 aliphatic carbocycles. The fourth-order valence-corrected chi connectivity index (χ4v) is 4.20. The number of Topliss-reactive ketones (excluding diaryl/α,β-unsaturated/α-hetero) is 1. The van der Waals surface area contributed by atoms with Crippen LogP contribution in [0.3, 0.4) is 0 Å². The van der Waals surface area contributed by atoms with E-state index in [4.69, 9.17) is 0 Å². The Bertz CT molecular complexity index is 552. The van der Waals surface area contributed by atoms with E-state index in [9.17, 15) is 18.7 Å². The highest BCUT2D eigenvalue weighted by Gasteiger charge is 2.32. The van der Waals surface area contributed by atoms with Crippen LogP contribution < -0.4 is 0 Å². The molecular formula is C18H22F2O2. The molecule has 0 heterocycles. The quantitative estimate of drug-likeness (QED) is 0.859. The lowest BCUT2D eigenvalue weighted by Crippen LogP contribution is -2.25. The predicted molar refractivity (Wildman–Crippen MR) is 79.7 cm³/mol. The molecule has 0 bridgehead atoms. The van der Waals surface area contributed by atoms with E-state index in [0.717, 1.165) is 38.5 Å². The molecular weight excluding hydrogens is 286 g/mol. The SMILES string of the molecule is O=C1CCC(C2CCC(c3ccc(O)c(F)c3F)CC2)CC1. The molecule has 120 valence electrons. The summed E-state index contributed by atoms with van der Waals surface area (Å²) in [5.74, 6) is -0.989. The molecule has 2 nitrogen and oxygen atoms in total. The van der Waals surface area contributed by atoms with E-state index in [1.807, 2.05) is 0 Å². The minimum atomic E-state index is -1.13. The van der Waals surface area contributed by atoms with E-state index in [-0.39, 0.29) is 5.92 Å². The Labute approximate surface area is 129 Å². The molecule has 0 saturated heterocycles. The minimum absolute atomic E-state index is 0.0385. The van der Waals surface area contributed by atoms with Gasteiger partial charge in [-0.3, -0.25) is 4.79 Å². The van der Waals surface area contributed by atoms with Crippen LogP contribution in [0.5, 0.6) is 5.75 Å². The van der Waals surface area contributed by atoms with Crippen LogP contribution in [-0.4, -0.2) is 10.9 Å². The maximum Gasteiger partial charge on any atom is 0.200 e. The zero-order chi connectivity index (χ0) is 15.7. The van der Waals surface area contributed by atoms with Crippen LogP contribution in [0.25, 0.3) is 0 Å². The summed E-state index contributed by atoms with van der Waals surface area (Å²) in [6.45, 7) is 0. The van der Waals surface area contributed by atoms with Gasteiger partial charge in [0.1, 0.15) is 5.78 Å². The third-order valence-electron chi connectivity index (χ3n) is 5.56. The van der Waals surface area contributed by atoms with Gasteiger partial charge in [-0.15, -0.1) is 0 Å². The van der Waals surface area contributed by atoms with Crippen molar-refractivity contribution in [2.75, 3.05) is 0 Å². The summed E-state index contributed by atoms with van der Waals surface area (Å²) >= 11 is 0. The predicted octanol–water partition coefficient (Wildman–Crippen LogP) is 4.70. The molecule has 0 amide bonds. The summed E-state index contributed by atoms with van der Waals surface area (Å²) in [6.07, 6.45) is 7.17. The molecule has 0 radical (unpaired) electrons. The van der Waals surface area contributed by atoms with Crippen LogP contribution >= 0.6 is 0 Å². The summed E-state index contributed by atoms with van der Waals surface area (Å²) in [5.41, 5.74) is 0.396. The summed E-state index contributed by atoms with van der Waals surface area (Å²) in [5, 5.41) is 9.21. The minimum Gasteiger partial charge on any atom is -0.505 e. The summed E-state index contributed by atoms with van der Waals surface area (Å²) < 4.78 is 27.5. The lowest BCUT2D eigenvalue weighted by Gasteiger charge is -2.35. The molecule has 1 aromatic carbocycles. The van der Waals surface area contributed by atoms with Gasteiger partial charge in [0, 0.05) is 12.8 Å². The standard InChI is InChI=1S/C18H22F2O2/c19-17-15(9-10-16(22)18(17)20)13-3-1-11(2-4-13)12-5-7-14(21)8-6-12/h9-13,22H,1-8H2. The number of hydrogen-bond acceptors (Lipinski definition) is 2. The Morgan fingerprint density at radius 1 is 0.864 bits per heavy atom. The first-order valence-corrected chi connectivity index (χ1v) is 8.24. The summed E-state index contributed by atoms with van der Waals surface area (Å²) in [7, 11) is 0. The van der Waals surface area contributed by atoms with Gasteiger partial charge in [0.15, 0.2) is 11.6 Å². The number of phenolic OH excluding ortho intramolecular Hbond substituents is 1.